The lowest BCUT2D eigenvalue weighted by molar-refractivity contribution is 0.252. The molecule has 0 aromatic heterocycles. The van der Waals surface area contributed by atoms with Crippen LogP contribution in [0.3, 0.4) is 0 Å². The van der Waals surface area contributed by atoms with Crippen LogP contribution >= 0.6 is 0 Å². The van der Waals surface area contributed by atoms with Crippen molar-refractivity contribution in [2.45, 2.75) is 32.9 Å². The van der Waals surface area contributed by atoms with Gasteiger partial charge in [0.2, 0.25) is 0 Å². The standard InChI is InChI=1S/C15H23N3O2/c1-10-6-11(2)18(8-10)9-13-7-12(15(16)17-19)4-5-14(13)20-3/h4-5,7,10-11,19H,6,8-9H2,1-3H3,(H2,16,17). The Kier molecular flexibility index (Phi) is 4.49. The molecule has 1 heterocycles. The van der Waals surface area contributed by atoms with Crippen molar-refractivity contribution in [1.82, 2.24) is 4.90 Å². The number of ether oxygens (including phenoxy) is 1. The molecule has 0 radical (unpaired) electrons. The first-order valence-electron chi connectivity index (χ1n) is 6.94. The second-order valence-corrected chi connectivity index (χ2v) is 5.63. The largest absolute Gasteiger partial charge is 0.496 e. The van der Waals surface area contributed by atoms with Gasteiger partial charge in [0.25, 0.3) is 0 Å². The number of hydrogen-bond donors (Lipinski definition) is 2. The first-order chi connectivity index (χ1) is 9.55. The van der Waals surface area contributed by atoms with Crippen molar-refractivity contribution in [1.29, 1.82) is 0 Å². The van der Waals surface area contributed by atoms with E-state index in [4.69, 9.17) is 15.7 Å². The molecule has 0 saturated carbocycles. The minimum Gasteiger partial charge on any atom is -0.496 e. The van der Waals surface area contributed by atoms with Gasteiger partial charge >= 0.3 is 0 Å². The Morgan fingerprint density at radius 3 is 2.80 bits per heavy atom. The van der Waals surface area contributed by atoms with Crippen molar-refractivity contribution in [3.8, 4) is 5.75 Å². The van der Waals surface area contributed by atoms with Gasteiger partial charge in [-0.3, -0.25) is 4.90 Å². The number of nitrogens with zero attached hydrogens (tertiary/aromatic N) is 2. The van der Waals surface area contributed by atoms with Gasteiger partial charge in [-0.1, -0.05) is 12.1 Å². The van der Waals surface area contributed by atoms with E-state index in [0.717, 1.165) is 30.3 Å². The number of rotatable bonds is 4. The molecule has 1 aliphatic heterocycles. The minimum atomic E-state index is 0.122. The summed E-state index contributed by atoms with van der Waals surface area (Å²) in [4.78, 5) is 2.44. The topological polar surface area (TPSA) is 71.1 Å². The minimum absolute atomic E-state index is 0.122. The Morgan fingerprint density at radius 2 is 2.25 bits per heavy atom. The van der Waals surface area contributed by atoms with Crippen LogP contribution in [0.1, 0.15) is 31.4 Å². The molecule has 2 unspecified atom stereocenters. The van der Waals surface area contributed by atoms with Crippen LogP contribution in [-0.4, -0.2) is 35.6 Å². The number of nitrogens with two attached hydrogens (primary N) is 1. The molecule has 5 heteroatoms. The van der Waals surface area contributed by atoms with Gasteiger partial charge in [-0.05, 0) is 37.5 Å². The fraction of sp³-hybridized carbons (Fsp3) is 0.533. The summed E-state index contributed by atoms with van der Waals surface area (Å²) in [7, 11) is 1.66. The predicted molar refractivity (Wildman–Crippen MR) is 79.2 cm³/mol. The third-order valence-corrected chi connectivity index (χ3v) is 3.97. The zero-order chi connectivity index (χ0) is 14.7. The number of hydrogen-bond acceptors (Lipinski definition) is 4. The molecule has 1 saturated heterocycles. The molecule has 3 N–H and O–H groups in total. The number of methoxy groups -OCH3 is 1. The summed E-state index contributed by atoms with van der Waals surface area (Å²) < 4.78 is 5.42. The third-order valence-electron chi connectivity index (χ3n) is 3.97. The van der Waals surface area contributed by atoms with Crippen molar-refractivity contribution in [3.05, 3.63) is 29.3 Å². The summed E-state index contributed by atoms with van der Waals surface area (Å²) in [6.07, 6.45) is 1.22. The molecule has 5 nitrogen and oxygen atoms in total. The first kappa shape index (κ1) is 14.7. The molecule has 2 rings (SSSR count). The van der Waals surface area contributed by atoms with Crippen molar-refractivity contribution in [2.24, 2.45) is 16.8 Å². The number of oxime groups is 1. The second-order valence-electron chi connectivity index (χ2n) is 5.63. The van der Waals surface area contributed by atoms with E-state index in [9.17, 15) is 0 Å². The van der Waals surface area contributed by atoms with Gasteiger partial charge < -0.3 is 15.7 Å². The normalized spacial score (nSPS) is 24.1. The highest BCUT2D eigenvalue weighted by Crippen LogP contribution is 2.28. The summed E-state index contributed by atoms with van der Waals surface area (Å²) in [5.74, 6) is 1.69. The van der Waals surface area contributed by atoms with Crippen LogP contribution in [0.2, 0.25) is 0 Å². The van der Waals surface area contributed by atoms with Gasteiger partial charge in [0, 0.05) is 30.3 Å². The van der Waals surface area contributed by atoms with E-state index in [0.29, 0.717) is 11.6 Å². The maximum Gasteiger partial charge on any atom is 0.170 e. The Bertz CT molecular complexity index is 502. The second kappa shape index (κ2) is 6.13. The molecule has 110 valence electrons. The average molecular weight is 277 g/mol. The third kappa shape index (κ3) is 3.04. The smallest absolute Gasteiger partial charge is 0.170 e. The van der Waals surface area contributed by atoms with Gasteiger partial charge in [-0.15, -0.1) is 0 Å². The molecule has 20 heavy (non-hydrogen) atoms. The fourth-order valence-corrected chi connectivity index (χ4v) is 2.94. The van der Waals surface area contributed by atoms with Crippen LogP contribution in [0.4, 0.5) is 0 Å². The first-order valence-corrected chi connectivity index (χ1v) is 6.94. The van der Waals surface area contributed by atoms with E-state index in [-0.39, 0.29) is 5.84 Å². The van der Waals surface area contributed by atoms with Crippen molar-refractivity contribution >= 4 is 5.84 Å². The van der Waals surface area contributed by atoms with E-state index < -0.39 is 0 Å². The maximum absolute atomic E-state index is 8.79. The van der Waals surface area contributed by atoms with E-state index in [1.807, 2.05) is 12.1 Å². The molecule has 0 bridgehead atoms. The van der Waals surface area contributed by atoms with Crippen LogP contribution < -0.4 is 10.5 Å². The zero-order valence-corrected chi connectivity index (χ0v) is 12.3. The molecule has 1 aromatic carbocycles. The van der Waals surface area contributed by atoms with Gasteiger partial charge in [0.1, 0.15) is 5.75 Å². The molecule has 0 aliphatic carbocycles. The Morgan fingerprint density at radius 1 is 1.50 bits per heavy atom. The van der Waals surface area contributed by atoms with Gasteiger partial charge in [0.15, 0.2) is 5.84 Å². The van der Waals surface area contributed by atoms with E-state index in [1.165, 1.54) is 6.42 Å². The summed E-state index contributed by atoms with van der Waals surface area (Å²) in [6, 6.07) is 6.17. The van der Waals surface area contributed by atoms with Crippen LogP contribution in [0.25, 0.3) is 0 Å². The van der Waals surface area contributed by atoms with Crippen molar-refractivity contribution in [3.63, 3.8) is 0 Å². The maximum atomic E-state index is 8.79. The Hall–Kier alpha value is -1.75. The summed E-state index contributed by atoms with van der Waals surface area (Å²) >= 11 is 0. The number of benzene rings is 1. The lowest BCUT2D eigenvalue weighted by Gasteiger charge is -2.22. The van der Waals surface area contributed by atoms with Crippen LogP contribution in [0.15, 0.2) is 23.4 Å². The molecule has 0 spiro atoms. The molecular weight excluding hydrogens is 254 g/mol. The van der Waals surface area contributed by atoms with Gasteiger partial charge in [-0.2, -0.15) is 0 Å². The predicted octanol–water partition coefficient (Wildman–Crippen LogP) is 2.02. The van der Waals surface area contributed by atoms with Crippen molar-refractivity contribution in [2.75, 3.05) is 13.7 Å². The number of likely N-dealkylation sites (tertiary alicyclic amines) is 1. The van der Waals surface area contributed by atoms with E-state index in [1.54, 1.807) is 13.2 Å². The average Bonchev–Trinajstić information content (AvgIpc) is 2.76. The molecule has 1 aliphatic rings. The Balaban J connectivity index is 2.25. The quantitative estimate of drug-likeness (QED) is 0.382. The van der Waals surface area contributed by atoms with E-state index >= 15 is 0 Å². The molecule has 1 aromatic rings. The summed E-state index contributed by atoms with van der Waals surface area (Å²) in [6.45, 7) is 6.45. The highest BCUT2D eigenvalue weighted by atomic mass is 16.5. The monoisotopic (exact) mass is 277 g/mol. The van der Waals surface area contributed by atoms with Crippen LogP contribution in [0, 0.1) is 5.92 Å². The van der Waals surface area contributed by atoms with E-state index in [2.05, 4.69) is 23.9 Å². The highest BCUT2D eigenvalue weighted by molar-refractivity contribution is 5.97. The zero-order valence-electron chi connectivity index (χ0n) is 12.3. The lowest BCUT2D eigenvalue weighted by atomic mass is 10.1. The molecule has 1 fully saturated rings. The number of amidine groups is 1. The summed E-state index contributed by atoms with van der Waals surface area (Å²) in [5, 5.41) is 11.8. The highest BCUT2D eigenvalue weighted by Gasteiger charge is 2.26. The lowest BCUT2D eigenvalue weighted by Crippen LogP contribution is -2.27. The summed E-state index contributed by atoms with van der Waals surface area (Å²) in [5.41, 5.74) is 7.44. The van der Waals surface area contributed by atoms with Crippen molar-refractivity contribution < 1.29 is 9.94 Å². The molecule has 2 atom stereocenters. The molecular formula is C15H23N3O2. The fourth-order valence-electron chi connectivity index (χ4n) is 2.94. The molecule has 0 amide bonds. The SMILES string of the molecule is COc1ccc(/C(N)=N/O)cc1CN1CC(C)CC1C. The van der Waals surface area contributed by atoms with Crippen LogP contribution in [-0.2, 0) is 6.54 Å². The van der Waals surface area contributed by atoms with Gasteiger partial charge in [-0.25, -0.2) is 0 Å². The van der Waals surface area contributed by atoms with Gasteiger partial charge in [0.05, 0.1) is 7.11 Å². The van der Waals surface area contributed by atoms with Crippen LogP contribution in [0.5, 0.6) is 5.75 Å². The Labute approximate surface area is 120 Å².